The summed E-state index contributed by atoms with van der Waals surface area (Å²) in [7, 11) is 0. The van der Waals surface area contributed by atoms with Crippen LogP contribution in [0, 0.1) is 11.3 Å². The van der Waals surface area contributed by atoms with Crippen LogP contribution in [-0.2, 0) is 4.79 Å². The van der Waals surface area contributed by atoms with Crippen LogP contribution in [0.5, 0.6) is 5.75 Å². The summed E-state index contributed by atoms with van der Waals surface area (Å²) in [6.07, 6.45) is 4.66. The van der Waals surface area contributed by atoms with E-state index < -0.39 is 0 Å². The minimum Gasteiger partial charge on any atom is -0.427 e. The molecule has 0 aliphatic heterocycles. The zero-order valence-electron chi connectivity index (χ0n) is 14.3. The molecule has 0 amide bonds. The van der Waals surface area contributed by atoms with Crippen LogP contribution in [0.15, 0.2) is 60.9 Å². The van der Waals surface area contributed by atoms with Gasteiger partial charge in [-0.05, 0) is 48.4 Å². The Morgan fingerprint density at radius 2 is 1.58 bits per heavy atom. The number of hydrogen-bond acceptors (Lipinski definition) is 5. The summed E-state index contributed by atoms with van der Waals surface area (Å²) in [5.41, 5.74) is 3.29. The highest BCUT2D eigenvalue weighted by Gasteiger charge is 2.06. The fraction of sp³-hybridized carbons (Fsp3) is 0.143. The Morgan fingerprint density at radius 3 is 2.15 bits per heavy atom. The number of aromatic nitrogens is 2. The molecule has 3 rings (SSSR count). The molecule has 0 atom stereocenters. The van der Waals surface area contributed by atoms with E-state index in [-0.39, 0.29) is 5.97 Å². The summed E-state index contributed by atoms with van der Waals surface area (Å²) in [6, 6.07) is 16.5. The predicted octanol–water partition coefficient (Wildman–Crippen LogP) is 4.39. The first-order valence-electron chi connectivity index (χ1n) is 8.33. The minimum absolute atomic E-state index is 0.233. The lowest BCUT2D eigenvalue weighted by atomic mass is 10.1. The van der Waals surface area contributed by atoms with Crippen molar-refractivity contribution < 1.29 is 9.53 Å². The molecule has 0 aliphatic carbocycles. The van der Waals surface area contributed by atoms with Gasteiger partial charge in [-0.15, -0.1) is 0 Å². The van der Waals surface area contributed by atoms with Crippen LogP contribution in [0.25, 0.3) is 22.5 Å². The van der Waals surface area contributed by atoms with Crippen LogP contribution in [0.1, 0.15) is 25.3 Å². The molecule has 5 heteroatoms. The average Bonchev–Trinajstić information content (AvgIpc) is 2.69. The molecular formula is C21H17N3O2. The number of nitrogens with zero attached hydrogens (tertiary/aromatic N) is 3. The second-order valence-electron chi connectivity index (χ2n) is 5.73. The SMILES string of the molecule is CCCC(=O)Oc1ccc(-c2ncc(-c3ccc(C#N)cc3)cn2)cc1. The van der Waals surface area contributed by atoms with Crippen LogP contribution >= 0.6 is 0 Å². The first kappa shape index (κ1) is 17.3. The standard InChI is InChI=1S/C21H17N3O2/c1-2-3-20(25)26-19-10-8-17(9-11-19)21-23-13-18(14-24-21)16-6-4-15(12-22)5-7-16/h4-11,13-14H,2-3H2,1H3. The van der Waals surface area contributed by atoms with Gasteiger partial charge in [0.05, 0.1) is 11.6 Å². The van der Waals surface area contributed by atoms with Gasteiger partial charge >= 0.3 is 5.97 Å². The monoisotopic (exact) mass is 343 g/mol. The van der Waals surface area contributed by atoms with Gasteiger partial charge in [-0.2, -0.15) is 5.26 Å². The third kappa shape index (κ3) is 4.11. The number of benzene rings is 2. The van der Waals surface area contributed by atoms with Crippen LogP contribution in [-0.4, -0.2) is 15.9 Å². The molecule has 0 radical (unpaired) electrons. The first-order valence-corrected chi connectivity index (χ1v) is 8.33. The molecule has 0 saturated carbocycles. The molecule has 1 heterocycles. The van der Waals surface area contributed by atoms with Gasteiger partial charge in [0.1, 0.15) is 5.75 Å². The van der Waals surface area contributed by atoms with Gasteiger partial charge in [0.2, 0.25) is 0 Å². The van der Waals surface area contributed by atoms with Gasteiger partial charge in [0.25, 0.3) is 0 Å². The molecule has 0 saturated heterocycles. The van der Waals surface area contributed by atoms with Gasteiger partial charge < -0.3 is 4.74 Å². The molecule has 0 spiro atoms. The third-order valence-corrected chi connectivity index (χ3v) is 3.80. The van der Waals surface area contributed by atoms with Crippen molar-refractivity contribution >= 4 is 5.97 Å². The smallest absolute Gasteiger partial charge is 0.311 e. The summed E-state index contributed by atoms with van der Waals surface area (Å²) in [4.78, 5) is 20.3. The Labute approximate surface area is 151 Å². The Kier molecular flexibility index (Phi) is 5.35. The van der Waals surface area contributed by atoms with Crippen molar-refractivity contribution in [3.63, 3.8) is 0 Å². The van der Waals surface area contributed by atoms with Crippen LogP contribution in [0.3, 0.4) is 0 Å². The number of carbonyl (C=O) groups is 1. The second kappa shape index (κ2) is 8.04. The van der Waals surface area contributed by atoms with Crippen molar-refractivity contribution in [3.05, 3.63) is 66.5 Å². The van der Waals surface area contributed by atoms with E-state index in [1.54, 1.807) is 36.7 Å². The number of esters is 1. The van der Waals surface area contributed by atoms with E-state index in [0.29, 0.717) is 23.6 Å². The van der Waals surface area contributed by atoms with Gasteiger partial charge in [0, 0.05) is 29.9 Å². The first-order chi connectivity index (χ1) is 12.7. The van der Waals surface area contributed by atoms with Crippen molar-refractivity contribution in [2.45, 2.75) is 19.8 Å². The number of ether oxygens (including phenoxy) is 1. The molecule has 128 valence electrons. The van der Waals surface area contributed by atoms with E-state index in [4.69, 9.17) is 10.00 Å². The maximum Gasteiger partial charge on any atom is 0.311 e. The summed E-state index contributed by atoms with van der Waals surface area (Å²) in [5, 5.41) is 8.85. The zero-order valence-corrected chi connectivity index (χ0v) is 14.3. The van der Waals surface area contributed by atoms with E-state index in [1.807, 2.05) is 31.2 Å². The number of carbonyl (C=O) groups excluding carboxylic acids is 1. The Morgan fingerprint density at radius 1 is 0.962 bits per heavy atom. The van der Waals surface area contributed by atoms with E-state index in [1.165, 1.54) is 0 Å². The van der Waals surface area contributed by atoms with Crippen LogP contribution in [0.2, 0.25) is 0 Å². The number of nitriles is 1. The van der Waals surface area contributed by atoms with Gasteiger partial charge in [-0.25, -0.2) is 9.97 Å². The fourth-order valence-electron chi connectivity index (χ4n) is 2.42. The van der Waals surface area contributed by atoms with E-state index in [9.17, 15) is 4.79 Å². The molecule has 2 aromatic carbocycles. The highest BCUT2D eigenvalue weighted by atomic mass is 16.5. The molecule has 0 N–H and O–H groups in total. The van der Waals surface area contributed by atoms with E-state index in [0.717, 1.165) is 23.1 Å². The van der Waals surface area contributed by atoms with Gasteiger partial charge in [-0.1, -0.05) is 19.1 Å². The molecule has 5 nitrogen and oxygen atoms in total. The van der Waals surface area contributed by atoms with Crippen molar-refractivity contribution in [2.75, 3.05) is 0 Å². The van der Waals surface area contributed by atoms with E-state index >= 15 is 0 Å². The maximum absolute atomic E-state index is 11.5. The summed E-state index contributed by atoms with van der Waals surface area (Å²) in [6.45, 7) is 1.93. The molecule has 26 heavy (non-hydrogen) atoms. The van der Waals surface area contributed by atoms with Crippen molar-refractivity contribution in [2.24, 2.45) is 0 Å². The summed E-state index contributed by atoms with van der Waals surface area (Å²) in [5.74, 6) is 0.874. The summed E-state index contributed by atoms with van der Waals surface area (Å²) >= 11 is 0. The predicted molar refractivity (Wildman–Crippen MR) is 98.2 cm³/mol. The highest BCUT2D eigenvalue weighted by Crippen LogP contribution is 2.22. The quantitative estimate of drug-likeness (QED) is 0.507. The lowest BCUT2D eigenvalue weighted by Gasteiger charge is -2.06. The van der Waals surface area contributed by atoms with E-state index in [2.05, 4.69) is 16.0 Å². The minimum atomic E-state index is -0.233. The second-order valence-corrected chi connectivity index (χ2v) is 5.73. The Hall–Kier alpha value is -3.52. The fourth-order valence-corrected chi connectivity index (χ4v) is 2.42. The summed E-state index contributed by atoms with van der Waals surface area (Å²) < 4.78 is 5.24. The molecule has 0 aliphatic rings. The molecular weight excluding hydrogens is 326 g/mol. The molecule has 0 unspecified atom stereocenters. The van der Waals surface area contributed by atoms with Crippen LogP contribution < -0.4 is 4.74 Å². The highest BCUT2D eigenvalue weighted by molar-refractivity contribution is 5.72. The number of rotatable bonds is 5. The van der Waals surface area contributed by atoms with Crippen molar-refractivity contribution in [3.8, 4) is 34.3 Å². The molecule has 0 bridgehead atoms. The lowest BCUT2D eigenvalue weighted by molar-refractivity contribution is -0.134. The van der Waals surface area contributed by atoms with Crippen molar-refractivity contribution in [1.82, 2.24) is 9.97 Å². The Balaban J connectivity index is 1.73. The van der Waals surface area contributed by atoms with Gasteiger partial charge in [-0.3, -0.25) is 4.79 Å². The van der Waals surface area contributed by atoms with Crippen molar-refractivity contribution in [1.29, 1.82) is 5.26 Å². The van der Waals surface area contributed by atoms with Crippen LogP contribution in [0.4, 0.5) is 0 Å². The topological polar surface area (TPSA) is 75.9 Å². The Bertz CT molecular complexity index is 925. The normalized spacial score (nSPS) is 10.2. The third-order valence-electron chi connectivity index (χ3n) is 3.80. The average molecular weight is 343 g/mol. The largest absolute Gasteiger partial charge is 0.427 e. The maximum atomic E-state index is 11.5. The number of hydrogen-bond donors (Lipinski definition) is 0. The molecule has 1 aromatic heterocycles. The van der Waals surface area contributed by atoms with Gasteiger partial charge in [0.15, 0.2) is 5.82 Å². The molecule has 0 fully saturated rings. The molecule has 3 aromatic rings. The lowest BCUT2D eigenvalue weighted by Crippen LogP contribution is -2.06. The zero-order chi connectivity index (χ0) is 18.4.